The quantitative estimate of drug-likeness (QED) is 0.668. The third-order valence-corrected chi connectivity index (χ3v) is 2.63. The Labute approximate surface area is 90.6 Å². The van der Waals surface area contributed by atoms with Crippen LogP contribution in [0.4, 0.5) is 0 Å². The maximum Gasteiger partial charge on any atom is 0.286 e. The van der Waals surface area contributed by atoms with Crippen LogP contribution in [0.1, 0.15) is 11.4 Å². The van der Waals surface area contributed by atoms with Crippen LogP contribution in [-0.2, 0) is 13.6 Å². The molecule has 0 aliphatic rings. The first kappa shape index (κ1) is 10.2. The topological polar surface area (TPSA) is 11.5 Å². The SMILES string of the molecule is Cc1cccc2n1c(CN(C)C)c[n+]2C. The van der Waals surface area contributed by atoms with Gasteiger partial charge in [-0.05, 0) is 27.1 Å². The molecule has 0 fully saturated rings. The first-order chi connectivity index (χ1) is 7.09. The summed E-state index contributed by atoms with van der Waals surface area (Å²) in [4.78, 5) is 2.19. The Morgan fingerprint density at radius 3 is 2.73 bits per heavy atom. The molecule has 2 aromatic rings. The molecule has 0 radical (unpaired) electrons. The van der Waals surface area contributed by atoms with Crippen LogP contribution in [0, 0.1) is 6.92 Å². The van der Waals surface area contributed by atoms with Gasteiger partial charge in [-0.1, -0.05) is 6.07 Å². The third-order valence-electron chi connectivity index (χ3n) is 2.63. The Morgan fingerprint density at radius 1 is 1.33 bits per heavy atom. The van der Waals surface area contributed by atoms with Gasteiger partial charge in [0.15, 0.2) is 5.69 Å². The van der Waals surface area contributed by atoms with Gasteiger partial charge >= 0.3 is 0 Å². The van der Waals surface area contributed by atoms with Gasteiger partial charge in [-0.2, -0.15) is 4.40 Å². The Hall–Kier alpha value is -1.35. The highest BCUT2D eigenvalue weighted by molar-refractivity contribution is 5.36. The van der Waals surface area contributed by atoms with Gasteiger partial charge in [0.05, 0.1) is 13.6 Å². The van der Waals surface area contributed by atoms with Crippen molar-refractivity contribution >= 4 is 5.65 Å². The van der Waals surface area contributed by atoms with Gasteiger partial charge in [-0.15, -0.1) is 0 Å². The zero-order chi connectivity index (χ0) is 11.0. The van der Waals surface area contributed by atoms with E-state index in [1.165, 1.54) is 17.0 Å². The van der Waals surface area contributed by atoms with Crippen LogP contribution in [0.5, 0.6) is 0 Å². The van der Waals surface area contributed by atoms with E-state index in [1.54, 1.807) is 0 Å². The van der Waals surface area contributed by atoms with Crippen molar-refractivity contribution < 1.29 is 4.57 Å². The van der Waals surface area contributed by atoms with Crippen molar-refractivity contribution in [1.29, 1.82) is 0 Å². The minimum absolute atomic E-state index is 0.965. The number of nitrogens with zero attached hydrogens (tertiary/aromatic N) is 3. The normalized spacial score (nSPS) is 11.5. The zero-order valence-electron chi connectivity index (χ0n) is 9.86. The van der Waals surface area contributed by atoms with Crippen LogP contribution in [0.3, 0.4) is 0 Å². The van der Waals surface area contributed by atoms with E-state index < -0.39 is 0 Å². The molecule has 0 aromatic carbocycles. The fourth-order valence-corrected chi connectivity index (χ4v) is 2.04. The first-order valence-electron chi connectivity index (χ1n) is 5.20. The van der Waals surface area contributed by atoms with Crippen molar-refractivity contribution in [1.82, 2.24) is 9.30 Å². The maximum atomic E-state index is 2.31. The highest BCUT2D eigenvalue weighted by Crippen LogP contribution is 2.09. The van der Waals surface area contributed by atoms with Gasteiger partial charge in [0.2, 0.25) is 0 Å². The molecule has 2 heterocycles. The highest BCUT2D eigenvalue weighted by atomic mass is 15.1. The summed E-state index contributed by atoms with van der Waals surface area (Å²) in [6.07, 6.45) is 2.20. The third kappa shape index (κ3) is 1.75. The molecule has 0 bridgehead atoms. The van der Waals surface area contributed by atoms with Crippen LogP contribution in [-0.4, -0.2) is 23.4 Å². The molecule has 0 unspecified atom stereocenters. The number of imidazole rings is 1. The summed E-state index contributed by atoms with van der Waals surface area (Å²) in [6.45, 7) is 3.11. The standard InChI is InChI=1S/C12H18N3/c1-10-6-5-7-12-14(4)9-11(15(10)12)8-13(2)3/h5-7,9H,8H2,1-4H3/q+1. The van der Waals surface area contributed by atoms with Gasteiger partial charge in [-0.25, -0.2) is 4.57 Å². The second-order valence-electron chi connectivity index (χ2n) is 4.33. The Bertz CT molecular complexity index is 483. The fourth-order valence-electron chi connectivity index (χ4n) is 2.04. The molecule has 0 amide bonds. The largest absolute Gasteiger partial charge is 0.302 e. The lowest BCUT2D eigenvalue weighted by molar-refractivity contribution is -0.644. The molecule has 15 heavy (non-hydrogen) atoms. The second-order valence-corrected chi connectivity index (χ2v) is 4.33. The van der Waals surface area contributed by atoms with Gasteiger partial charge < -0.3 is 4.90 Å². The number of hydrogen-bond acceptors (Lipinski definition) is 1. The first-order valence-corrected chi connectivity index (χ1v) is 5.20. The van der Waals surface area contributed by atoms with Crippen molar-refractivity contribution in [2.75, 3.05) is 14.1 Å². The predicted octanol–water partition coefficient (Wildman–Crippen LogP) is 1.13. The molecule has 0 aliphatic heterocycles. The molecule has 2 aromatic heterocycles. The van der Waals surface area contributed by atoms with E-state index in [4.69, 9.17) is 0 Å². The zero-order valence-corrected chi connectivity index (χ0v) is 9.86. The van der Waals surface area contributed by atoms with Gasteiger partial charge in [0.25, 0.3) is 5.65 Å². The lowest BCUT2D eigenvalue weighted by Crippen LogP contribution is -2.25. The molecule has 80 valence electrons. The van der Waals surface area contributed by atoms with Crippen molar-refractivity contribution in [2.24, 2.45) is 7.05 Å². The van der Waals surface area contributed by atoms with Gasteiger partial charge in [0.1, 0.15) is 11.9 Å². The minimum Gasteiger partial charge on any atom is -0.302 e. The highest BCUT2D eigenvalue weighted by Gasteiger charge is 2.15. The minimum atomic E-state index is 0.965. The summed E-state index contributed by atoms with van der Waals surface area (Å²) in [5.41, 5.74) is 3.85. The summed E-state index contributed by atoms with van der Waals surface area (Å²) in [7, 11) is 6.28. The number of aryl methyl sites for hydroxylation is 2. The molecule has 0 aliphatic carbocycles. The summed E-state index contributed by atoms with van der Waals surface area (Å²) in [5, 5.41) is 0. The lowest BCUT2D eigenvalue weighted by atomic mass is 10.3. The summed E-state index contributed by atoms with van der Waals surface area (Å²) in [5.74, 6) is 0. The van der Waals surface area contributed by atoms with Gasteiger partial charge in [0, 0.05) is 6.07 Å². The van der Waals surface area contributed by atoms with Crippen molar-refractivity contribution in [2.45, 2.75) is 13.5 Å². The fraction of sp³-hybridized carbons (Fsp3) is 0.417. The molecule has 0 saturated heterocycles. The van der Waals surface area contributed by atoms with E-state index in [9.17, 15) is 0 Å². The molecule has 0 N–H and O–H groups in total. The molecular weight excluding hydrogens is 186 g/mol. The van der Waals surface area contributed by atoms with Crippen molar-refractivity contribution in [3.8, 4) is 0 Å². The lowest BCUT2D eigenvalue weighted by Gasteiger charge is -2.05. The van der Waals surface area contributed by atoms with Crippen LogP contribution >= 0.6 is 0 Å². The van der Waals surface area contributed by atoms with E-state index in [0.29, 0.717) is 0 Å². The molecule has 0 spiro atoms. The number of hydrogen-bond donors (Lipinski definition) is 0. The van der Waals surface area contributed by atoms with Crippen LogP contribution in [0.25, 0.3) is 5.65 Å². The molecular formula is C12H18N3+. The Balaban J connectivity index is 2.65. The predicted molar refractivity (Wildman–Crippen MR) is 60.7 cm³/mol. The van der Waals surface area contributed by atoms with E-state index in [-0.39, 0.29) is 0 Å². The Kier molecular flexibility index (Phi) is 2.49. The van der Waals surface area contributed by atoms with E-state index in [0.717, 1.165) is 6.54 Å². The summed E-state index contributed by atoms with van der Waals surface area (Å²) < 4.78 is 4.48. The maximum absolute atomic E-state index is 2.31. The van der Waals surface area contributed by atoms with Crippen molar-refractivity contribution in [3.05, 3.63) is 35.8 Å². The molecule has 3 heteroatoms. The van der Waals surface area contributed by atoms with Gasteiger partial charge in [-0.3, -0.25) is 0 Å². The molecule has 2 rings (SSSR count). The van der Waals surface area contributed by atoms with Crippen LogP contribution < -0.4 is 4.57 Å². The average molecular weight is 204 g/mol. The molecule has 0 saturated carbocycles. The number of rotatable bonds is 2. The van der Waals surface area contributed by atoms with Crippen LogP contribution in [0.15, 0.2) is 24.4 Å². The summed E-state index contributed by atoms with van der Waals surface area (Å²) in [6, 6.07) is 6.39. The summed E-state index contributed by atoms with van der Waals surface area (Å²) >= 11 is 0. The van der Waals surface area contributed by atoms with E-state index in [2.05, 4.69) is 66.3 Å². The Morgan fingerprint density at radius 2 is 2.07 bits per heavy atom. The number of aromatic nitrogens is 2. The number of fused-ring (bicyclic) bond motifs is 1. The number of pyridine rings is 1. The monoisotopic (exact) mass is 204 g/mol. The average Bonchev–Trinajstić information content (AvgIpc) is 2.44. The van der Waals surface area contributed by atoms with E-state index in [1.807, 2.05) is 0 Å². The second kappa shape index (κ2) is 3.66. The van der Waals surface area contributed by atoms with E-state index >= 15 is 0 Å². The smallest absolute Gasteiger partial charge is 0.286 e. The van der Waals surface area contributed by atoms with Crippen molar-refractivity contribution in [3.63, 3.8) is 0 Å². The molecule has 3 nitrogen and oxygen atoms in total. The molecule has 0 atom stereocenters. The van der Waals surface area contributed by atoms with Crippen LogP contribution in [0.2, 0.25) is 0 Å².